The van der Waals surface area contributed by atoms with E-state index >= 15 is 0 Å². The molecule has 2 amide bonds. The summed E-state index contributed by atoms with van der Waals surface area (Å²) in [4.78, 5) is 20.6. The number of benzene rings is 1. The molecule has 2 heterocycles. The first-order valence-electron chi connectivity index (χ1n) is 8.83. The van der Waals surface area contributed by atoms with Gasteiger partial charge in [0.15, 0.2) is 5.69 Å². The van der Waals surface area contributed by atoms with Crippen LogP contribution in [0.1, 0.15) is 24.1 Å². The third-order valence-electron chi connectivity index (χ3n) is 4.34. The number of carbonyl (C=O) groups is 1. The van der Waals surface area contributed by atoms with Crippen molar-refractivity contribution in [2.75, 3.05) is 18.4 Å². The Kier molecular flexibility index (Phi) is 6.04. The van der Waals surface area contributed by atoms with Gasteiger partial charge in [-0.15, -0.1) is 0 Å². The molecule has 1 aromatic heterocycles. The molecule has 162 valence electrons. The van der Waals surface area contributed by atoms with Crippen molar-refractivity contribution < 1.29 is 35.9 Å². The second-order valence-electron chi connectivity index (χ2n) is 6.52. The van der Waals surface area contributed by atoms with Crippen LogP contribution in [-0.4, -0.2) is 40.1 Å². The van der Waals surface area contributed by atoms with Gasteiger partial charge < -0.3 is 15.0 Å². The molecule has 1 N–H and O–H groups in total. The van der Waals surface area contributed by atoms with Gasteiger partial charge in [-0.25, -0.2) is 9.78 Å². The van der Waals surface area contributed by atoms with E-state index in [0.29, 0.717) is 18.9 Å². The second-order valence-corrected chi connectivity index (χ2v) is 6.52. The normalized spacial score (nSPS) is 17.5. The van der Waals surface area contributed by atoms with E-state index in [0.717, 1.165) is 18.3 Å². The number of hydrogen-bond acceptors (Lipinski definition) is 4. The Hall–Kier alpha value is -3.05. The highest BCUT2D eigenvalue weighted by atomic mass is 19.4. The molecule has 1 unspecified atom stereocenters. The lowest BCUT2D eigenvalue weighted by molar-refractivity contribution is -0.141. The van der Waals surface area contributed by atoms with E-state index in [9.17, 15) is 31.1 Å². The van der Waals surface area contributed by atoms with Crippen molar-refractivity contribution in [3.05, 3.63) is 47.8 Å². The van der Waals surface area contributed by atoms with Crippen LogP contribution in [0.15, 0.2) is 36.5 Å². The first-order valence-corrected chi connectivity index (χ1v) is 8.83. The van der Waals surface area contributed by atoms with E-state index in [1.807, 2.05) is 0 Å². The summed E-state index contributed by atoms with van der Waals surface area (Å²) in [6.45, 7) is 0.211. The molecule has 1 fully saturated rings. The largest absolute Gasteiger partial charge is 0.458 e. The van der Waals surface area contributed by atoms with Crippen LogP contribution in [0.4, 0.5) is 36.8 Å². The Labute approximate surface area is 166 Å². The number of piperidine rings is 1. The Morgan fingerprint density at radius 3 is 2.53 bits per heavy atom. The molecule has 3 rings (SSSR count). The van der Waals surface area contributed by atoms with Crippen LogP contribution in [0.5, 0.6) is 6.01 Å². The van der Waals surface area contributed by atoms with Crippen LogP contribution in [0, 0.1) is 0 Å². The number of alkyl halides is 6. The van der Waals surface area contributed by atoms with E-state index in [2.05, 4.69) is 15.3 Å². The van der Waals surface area contributed by atoms with Crippen molar-refractivity contribution in [2.24, 2.45) is 0 Å². The molecule has 2 aromatic rings. The molecular weight excluding hydrogens is 418 g/mol. The van der Waals surface area contributed by atoms with Crippen molar-refractivity contribution in [3.63, 3.8) is 0 Å². The lowest BCUT2D eigenvalue weighted by atomic mass is 10.1. The summed E-state index contributed by atoms with van der Waals surface area (Å²) >= 11 is 0. The molecule has 1 aliphatic heterocycles. The van der Waals surface area contributed by atoms with Gasteiger partial charge in [-0.3, -0.25) is 0 Å². The topological polar surface area (TPSA) is 67.4 Å². The molecule has 6 nitrogen and oxygen atoms in total. The number of likely N-dealkylation sites (tertiary alicyclic amines) is 1. The second kappa shape index (κ2) is 8.36. The number of anilines is 1. The molecule has 0 aliphatic carbocycles. The molecule has 0 saturated carbocycles. The van der Waals surface area contributed by atoms with Crippen LogP contribution in [0.2, 0.25) is 0 Å². The summed E-state index contributed by atoms with van der Waals surface area (Å²) in [5.74, 6) is 0. The van der Waals surface area contributed by atoms with E-state index in [1.165, 1.54) is 17.0 Å². The number of rotatable bonds is 3. The van der Waals surface area contributed by atoms with Gasteiger partial charge in [0.2, 0.25) is 0 Å². The van der Waals surface area contributed by atoms with Crippen LogP contribution in [0.25, 0.3) is 0 Å². The summed E-state index contributed by atoms with van der Waals surface area (Å²) in [7, 11) is 0. The van der Waals surface area contributed by atoms with Gasteiger partial charge in [0, 0.05) is 12.7 Å². The van der Waals surface area contributed by atoms with Gasteiger partial charge in [-0.05, 0) is 31.0 Å². The first kappa shape index (κ1) is 21.7. The van der Waals surface area contributed by atoms with Crippen molar-refractivity contribution in [1.29, 1.82) is 0 Å². The first-order chi connectivity index (χ1) is 14.0. The fraction of sp³-hybridized carbons (Fsp3) is 0.389. The van der Waals surface area contributed by atoms with Gasteiger partial charge >= 0.3 is 24.4 Å². The number of carbonyl (C=O) groups excluding carboxylic acids is 1. The number of para-hydroxylation sites is 1. The predicted molar refractivity (Wildman–Crippen MR) is 92.7 cm³/mol. The number of aromatic nitrogens is 2. The zero-order valence-electron chi connectivity index (χ0n) is 15.3. The Balaban J connectivity index is 1.66. The maximum atomic E-state index is 13.1. The SMILES string of the molecule is O=C(Nc1ccccc1C(F)(F)F)N1CCCC(Oc2nccc(C(F)(F)F)n2)C1. The molecule has 1 saturated heterocycles. The fourth-order valence-electron chi connectivity index (χ4n) is 2.96. The zero-order valence-corrected chi connectivity index (χ0v) is 15.3. The minimum atomic E-state index is -4.66. The van der Waals surface area contributed by atoms with E-state index in [4.69, 9.17) is 4.74 Å². The lowest BCUT2D eigenvalue weighted by Crippen LogP contribution is -2.46. The van der Waals surface area contributed by atoms with Gasteiger partial charge in [0.05, 0.1) is 17.8 Å². The van der Waals surface area contributed by atoms with Gasteiger partial charge in [0.25, 0.3) is 0 Å². The number of urea groups is 1. The molecule has 1 aliphatic rings. The highest BCUT2D eigenvalue weighted by Gasteiger charge is 2.35. The number of nitrogens with one attached hydrogen (secondary N) is 1. The number of amides is 2. The van der Waals surface area contributed by atoms with Gasteiger partial charge in [-0.1, -0.05) is 12.1 Å². The molecular formula is C18H16F6N4O2. The van der Waals surface area contributed by atoms with Crippen LogP contribution < -0.4 is 10.1 Å². The summed E-state index contributed by atoms with van der Waals surface area (Å²) in [6, 6.07) is 3.99. The third kappa shape index (κ3) is 5.30. The Morgan fingerprint density at radius 2 is 1.83 bits per heavy atom. The summed E-state index contributed by atoms with van der Waals surface area (Å²) in [5.41, 5.74) is -2.54. The maximum Gasteiger partial charge on any atom is 0.433 e. The highest BCUT2D eigenvalue weighted by molar-refractivity contribution is 5.90. The molecule has 1 atom stereocenters. The molecule has 0 spiro atoms. The third-order valence-corrected chi connectivity index (χ3v) is 4.34. The predicted octanol–water partition coefficient (Wildman–Crippen LogP) is 4.59. The van der Waals surface area contributed by atoms with E-state index < -0.39 is 41.8 Å². The van der Waals surface area contributed by atoms with Gasteiger partial charge in [0.1, 0.15) is 6.10 Å². The fourth-order valence-corrected chi connectivity index (χ4v) is 2.96. The maximum absolute atomic E-state index is 13.1. The van der Waals surface area contributed by atoms with Crippen molar-refractivity contribution >= 4 is 11.7 Å². The average Bonchev–Trinajstić information content (AvgIpc) is 2.67. The Bertz CT molecular complexity index is 903. The molecule has 0 bridgehead atoms. The van der Waals surface area contributed by atoms with Crippen molar-refractivity contribution in [2.45, 2.75) is 31.3 Å². The van der Waals surface area contributed by atoms with E-state index in [1.54, 1.807) is 0 Å². The Morgan fingerprint density at radius 1 is 1.10 bits per heavy atom. The van der Waals surface area contributed by atoms with Crippen molar-refractivity contribution in [3.8, 4) is 6.01 Å². The molecule has 30 heavy (non-hydrogen) atoms. The zero-order chi connectivity index (χ0) is 21.9. The summed E-state index contributed by atoms with van der Waals surface area (Å²) < 4.78 is 82.9. The average molecular weight is 434 g/mol. The van der Waals surface area contributed by atoms with Crippen LogP contribution >= 0.6 is 0 Å². The highest BCUT2D eigenvalue weighted by Crippen LogP contribution is 2.34. The number of halogens is 6. The number of nitrogens with zero attached hydrogens (tertiary/aromatic N) is 3. The number of ether oxygens (including phenoxy) is 1. The monoisotopic (exact) mass is 434 g/mol. The van der Waals surface area contributed by atoms with Gasteiger partial charge in [-0.2, -0.15) is 31.3 Å². The quantitative estimate of drug-likeness (QED) is 0.718. The minimum absolute atomic E-state index is 0.0420. The van der Waals surface area contributed by atoms with Crippen LogP contribution in [-0.2, 0) is 12.4 Å². The smallest absolute Gasteiger partial charge is 0.433 e. The summed E-state index contributed by atoms with van der Waals surface area (Å²) in [5, 5.41) is 2.23. The molecule has 12 heteroatoms. The lowest BCUT2D eigenvalue weighted by Gasteiger charge is -2.32. The molecule has 1 aromatic carbocycles. The molecule has 0 radical (unpaired) electrons. The van der Waals surface area contributed by atoms with E-state index in [-0.39, 0.29) is 18.8 Å². The summed E-state index contributed by atoms with van der Waals surface area (Å²) in [6.07, 6.45) is -8.23. The van der Waals surface area contributed by atoms with Crippen molar-refractivity contribution in [1.82, 2.24) is 14.9 Å². The minimum Gasteiger partial charge on any atom is -0.458 e. The van der Waals surface area contributed by atoms with Crippen LogP contribution in [0.3, 0.4) is 0 Å². The number of hydrogen-bond donors (Lipinski definition) is 1. The standard InChI is InChI=1S/C18H16F6N4O2/c19-17(20,21)12-5-1-2-6-13(12)26-16(29)28-9-3-4-11(10-28)30-15-25-8-7-14(27-15)18(22,23)24/h1-2,5-8,11H,3-4,9-10H2,(H,26,29).